The van der Waals surface area contributed by atoms with Gasteiger partial charge in [0, 0.05) is 4.90 Å². The molecule has 1 aromatic carbocycles. The molecule has 0 radical (unpaired) electrons. The normalized spacial score (nSPS) is 15.6. The van der Waals surface area contributed by atoms with E-state index < -0.39 is 11.5 Å². The van der Waals surface area contributed by atoms with Crippen molar-refractivity contribution in [3.8, 4) is 5.75 Å². The highest BCUT2D eigenvalue weighted by Gasteiger charge is 2.51. The fraction of sp³-hybridized carbons (Fsp3) is 0.385. The minimum absolute atomic E-state index is 0.210. The number of carbonyl (C=O) groups excluding carboxylic acids is 1. The van der Waals surface area contributed by atoms with Gasteiger partial charge in [-0.05, 0) is 37.1 Å². The minimum atomic E-state index is -1.00. The maximum Gasteiger partial charge on any atom is 0.329 e. The minimum Gasteiger partial charge on any atom is -0.497 e. The third-order valence-electron chi connectivity index (χ3n) is 2.97. The number of benzene rings is 1. The van der Waals surface area contributed by atoms with Crippen molar-refractivity contribution < 1.29 is 19.4 Å². The smallest absolute Gasteiger partial charge is 0.329 e. The number of methoxy groups -OCH3 is 1. The zero-order valence-corrected chi connectivity index (χ0v) is 11.3. The molecule has 6 heteroatoms. The number of carboxylic acids is 1. The second-order valence-corrected chi connectivity index (χ2v) is 5.45. The molecule has 0 unspecified atom stereocenters. The molecule has 0 heterocycles. The van der Waals surface area contributed by atoms with E-state index in [1.807, 2.05) is 24.3 Å². The van der Waals surface area contributed by atoms with Crippen LogP contribution in [-0.4, -0.2) is 35.4 Å². The monoisotopic (exact) mass is 281 g/mol. The molecule has 1 saturated carbocycles. The van der Waals surface area contributed by atoms with Crippen molar-refractivity contribution in [3.05, 3.63) is 24.3 Å². The van der Waals surface area contributed by atoms with E-state index in [9.17, 15) is 9.59 Å². The van der Waals surface area contributed by atoms with Crippen LogP contribution in [0.5, 0.6) is 5.75 Å². The van der Waals surface area contributed by atoms with Crippen LogP contribution < -0.4 is 10.1 Å². The highest BCUT2D eigenvalue weighted by Crippen LogP contribution is 2.35. The summed E-state index contributed by atoms with van der Waals surface area (Å²) in [6.45, 7) is 0. The summed E-state index contributed by atoms with van der Waals surface area (Å²) in [5.74, 6) is -0.228. The Hall–Kier alpha value is -1.69. The molecule has 0 saturated heterocycles. The predicted molar refractivity (Wildman–Crippen MR) is 71.5 cm³/mol. The molecular weight excluding hydrogens is 266 g/mol. The van der Waals surface area contributed by atoms with Gasteiger partial charge in [-0.1, -0.05) is 0 Å². The number of rotatable bonds is 6. The molecule has 102 valence electrons. The number of aliphatic carboxylic acids is 1. The first-order valence-electron chi connectivity index (χ1n) is 5.87. The van der Waals surface area contributed by atoms with Gasteiger partial charge in [-0.3, -0.25) is 4.79 Å². The third kappa shape index (κ3) is 3.41. The summed E-state index contributed by atoms with van der Waals surface area (Å²) in [5, 5.41) is 11.5. The van der Waals surface area contributed by atoms with Crippen LogP contribution in [0.4, 0.5) is 0 Å². The van der Waals surface area contributed by atoms with Crippen molar-refractivity contribution in [2.45, 2.75) is 23.3 Å². The van der Waals surface area contributed by atoms with Crippen molar-refractivity contribution in [3.63, 3.8) is 0 Å². The van der Waals surface area contributed by atoms with Crippen LogP contribution in [0.2, 0.25) is 0 Å². The summed E-state index contributed by atoms with van der Waals surface area (Å²) in [7, 11) is 1.59. The summed E-state index contributed by atoms with van der Waals surface area (Å²) >= 11 is 1.37. The molecule has 5 nitrogen and oxygen atoms in total. The van der Waals surface area contributed by atoms with Gasteiger partial charge in [0.05, 0.1) is 12.9 Å². The van der Waals surface area contributed by atoms with Gasteiger partial charge in [0.1, 0.15) is 11.3 Å². The second-order valence-electron chi connectivity index (χ2n) is 4.40. The van der Waals surface area contributed by atoms with Gasteiger partial charge >= 0.3 is 5.97 Å². The molecule has 1 amide bonds. The van der Waals surface area contributed by atoms with Crippen molar-refractivity contribution >= 4 is 23.6 Å². The largest absolute Gasteiger partial charge is 0.497 e. The molecule has 2 rings (SSSR count). The summed E-state index contributed by atoms with van der Waals surface area (Å²) < 4.78 is 5.04. The van der Waals surface area contributed by atoms with Gasteiger partial charge < -0.3 is 15.2 Å². The second kappa shape index (κ2) is 5.52. The third-order valence-corrected chi connectivity index (χ3v) is 3.98. The Kier molecular flexibility index (Phi) is 3.99. The fourth-order valence-corrected chi connectivity index (χ4v) is 2.34. The number of carboxylic acid groups (broad SMARTS) is 1. The molecule has 0 atom stereocenters. The first kappa shape index (κ1) is 13.7. The number of ether oxygens (including phenoxy) is 1. The van der Waals surface area contributed by atoms with Gasteiger partial charge in [0.2, 0.25) is 5.91 Å². The Morgan fingerprint density at radius 2 is 2.00 bits per heavy atom. The van der Waals surface area contributed by atoms with Crippen molar-refractivity contribution in [2.24, 2.45) is 0 Å². The van der Waals surface area contributed by atoms with E-state index in [0.717, 1.165) is 10.6 Å². The Labute approximate surface area is 115 Å². The van der Waals surface area contributed by atoms with E-state index in [-0.39, 0.29) is 11.7 Å². The van der Waals surface area contributed by atoms with Crippen LogP contribution in [0, 0.1) is 0 Å². The summed E-state index contributed by atoms with van der Waals surface area (Å²) in [6.07, 6.45) is 1.03. The summed E-state index contributed by atoms with van der Waals surface area (Å²) in [5.41, 5.74) is -1.00. The Balaban J connectivity index is 1.81. The lowest BCUT2D eigenvalue weighted by Crippen LogP contribution is -2.43. The highest BCUT2D eigenvalue weighted by molar-refractivity contribution is 8.00. The number of carbonyl (C=O) groups is 2. The van der Waals surface area contributed by atoms with Crippen LogP contribution in [0.3, 0.4) is 0 Å². The Bertz CT molecular complexity index is 482. The first-order chi connectivity index (χ1) is 9.05. The maximum absolute atomic E-state index is 11.7. The van der Waals surface area contributed by atoms with Crippen LogP contribution in [0.25, 0.3) is 0 Å². The lowest BCUT2D eigenvalue weighted by molar-refractivity contribution is -0.142. The molecule has 0 aromatic heterocycles. The van der Waals surface area contributed by atoms with E-state index >= 15 is 0 Å². The molecule has 19 heavy (non-hydrogen) atoms. The maximum atomic E-state index is 11.7. The predicted octanol–water partition coefficient (Wildman–Crippen LogP) is 1.52. The average Bonchev–Trinajstić information content (AvgIpc) is 3.18. The zero-order chi connectivity index (χ0) is 13.9. The van der Waals surface area contributed by atoms with E-state index in [2.05, 4.69) is 5.32 Å². The van der Waals surface area contributed by atoms with Gasteiger partial charge in [0.25, 0.3) is 0 Å². The fourth-order valence-electron chi connectivity index (χ4n) is 1.64. The molecule has 0 spiro atoms. The van der Waals surface area contributed by atoms with Crippen LogP contribution in [0.15, 0.2) is 29.2 Å². The number of nitrogens with one attached hydrogen (secondary N) is 1. The first-order valence-corrected chi connectivity index (χ1v) is 6.85. The molecule has 1 aliphatic carbocycles. The molecule has 0 aliphatic heterocycles. The lowest BCUT2D eigenvalue weighted by Gasteiger charge is -2.12. The number of hydrogen-bond acceptors (Lipinski definition) is 4. The van der Waals surface area contributed by atoms with Gasteiger partial charge in [-0.25, -0.2) is 4.79 Å². The van der Waals surface area contributed by atoms with Gasteiger partial charge in [0.15, 0.2) is 0 Å². The quantitative estimate of drug-likeness (QED) is 0.773. The molecular formula is C13H15NO4S. The number of hydrogen-bond donors (Lipinski definition) is 2. The SMILES string of the molecule is COc1ccc(SCC(=O)NC2(C(=O)O)CC2)cc1. The molecule has 1 aliphatic rings. The van der Waals surface area contributed by atoms with Crippen molar-refractivity contribution in [1.82, 2.24) is 5.32 Å². The van der Waals surface area contributed by atoms with Crippen LogP contribution in [-0.2, 0) is 9.59 Å². The summed E-state index contributed by atoms with van der Waals surface area (Å²) in [4.78, 5) is 23.5. The zero-order valence-electron chi connectivity index (χ0n) is 10.5. The molecule has 2 N–H and O–H groups in total. The van der Waals surface area contributed by atoms with Crippen molar-refractivity contribution in [1.29, 1.82) is 0 Å². The van der Waals surface area contributed by atoms with Crippen molar-refractivity contribution in [2.75, 3.05) is 12.9 Å². The van der Waals surface area contributed by atoms with E-state index in [1.54, 1.807) is 7.11 Å². The summed E-state index contributed by atoms with van der Waals surface area (Å²) in [6, 6.07) is 7.36. The van der Waals surface area contributed by atoms with E-state index in [1.165, 1.54) is 11.8 Å². The van der Waals surface area contributed by atoms with E-state index in [4.69, 9.17) is 9.84 Å². The number of amides is 1. The molecule has 0 bridgehead atoms. The van der Waals surface area contributed by atoms with Crippen LogP contribution in [0.1, 0.15) is 12.8 Å². The number of thioether (sulfide) groups is 1. The van der Waals surface area contributed by atoms with Gasteiger partial charge in [-0.2, -0.15) is 0 Å². The highest BCUT2D eigenvalue weighted by atomic mass is 32.2. The lowest BCUT2D eigenvalue weighted by atomic mass is 10.3. The Morgan fingerprint density at radius 3 is 2.47 bits per heavy atom. The van der Waals surface area contributed by atoms with E-state index in [0.29, 0.717) is 12.8 Å². The van der Waals surface area contributed by atoms with Crippen LogP contribution >= 0.6 is 11.8 Å². The Morgan fingerprint density at radius 1 is 1.37 bits per heavy atom. The van der Waals surface area contributed by atoms with Gasteiger partial charge in [-0.15, -0.1) is 11.8 Å². The standard InChI is InChI=1S/C13H15NO4S/c1-18-9-2-4-10(5-3-9)19-8-11(15)14-13(6-7-13)12(16)17/h2-5H,6-8H2,1H3,(H,14,15)(H,16,17). The average molecular weight is 281 g/mol. The molecule has 1 fully saturated rings. The topological polar surface area (TPSA) is 75.6 Å². The molecule has 1 aromatic rings.